The van der Waals surface area contributed by atoms with Crippen molar-refractivity contribution < 1.29 is 9.53 Å². The molecule has 0 aliphatic carbocycles. The Balaban J connectivity index is 1.54. The number of nitrogens with one attached hydrogen (secondary N) is 2. The largest absolute Gasteiger partial charge is 0.494 e. The van der Waals surface area contributed by atoms with Crippen LogP contribution in [0.1, 0.15) is 12.6 Å². The SMILES string of the molecule is CCOc1ccc2nc(SCC(=O)NCc3ccccn3)[nH]c2c1. The first-order chi connectivity index (χ1) is 11.7. The van der Waals surface area contributed by atoms with E-state index >= 15 is 0 Å². The zero-order valence-corrected chi connectivity index (χ0v) is 14.1. The van der Waals surface area contributed by atoms with Gasteiger partial charge in [-0.3, -0.25) is 9.78 Å². The lowest BCUT2D eigenvalue weighted by atomic mass is 10.3. The molecule has 3 aromatic rings. The fourth-order valence-corrected chi connectivity index (χ4v) is 2.88. The molecule has 2 N–H and O–H groups in total. The van der Waals surface area contributed by atoms with Gasteiger partial charge in [0.15, 0.2) is 5.16 Å². The first-order valence-corrected chi connectivity index (χ1v) is 8.65. The van der Waals surface area contributed by atoms with Crippen molar-refractivity contribution in [3.8, 4) is 5.75 Å². The number of nitrogens with zero attached hydrogens (tertiary/aromatic N) is 2. The number of aromatic nitrogens is 3. The number of hydrogen-bond acceptors (Lipinski definition) is 5. The van der Waals surface area contributed by atoms with Gasteiger partial charge in [-0.05, 0) is 31.2 Å². The number of carbonyl (C=O) groups excluding carboxylic acids is 1. The third-order valence-electron chi connectivity index (χ3n) is 3.28. The molecule has 6 nitrogen and oxygen atoms in total. The number of pyridine rings is 1. The van der Waals surface area contributed by atoms with Gasteiger partial charge in [0.2, 0.25) is 5.91 Å². The van der Waals surface area contributed by atoms with Gasteiger partial charge in [0.25, 0.3) is 0 Å². The monoisotopic (exact) mass is 342 g/mol. The van der Waals surface area contributed by atoms with Gasteiger partial charge in [0.1, 0.15) is 5.75 Å². The lowest BCUT2D eigenvalue weighted by Gasteiger charge is -2.03. The van der Waals surface area contributed by atoms with Crippen LogP contribution >= 0.6 is 11.8 Å². The van der Waals surface area contributed by atoms with Gasteiger partial charge in [0, 0.05) is 12.3 Å². The van der Waals surface area contributed by atoms with Crippen molar-refractivity contribution in [3.63, 3.8) is 0 Å². The van der Waals surface area contributed by atoms with Crippen LogP contribution in [0.4, 0.5) is 0 Å². The Bertz CT molecular complexity index is 820. The smallest absolute Gasteiger partial charge is 0.230 e. The van der Waals surface area contributed by atoms with Crippen LogP contribution in [-0.4, -0.2) is 33.2 Å². The van der Waals surface area contributed by atoms with Crippen molar-refractivity contribution >= 4 is 28.7 Å². The molecule has 124 valence electrons. The zero-order valence-electron chi connectivity index (χ0n) is 13.3. The molecule has 0 bridgehead atoms. The number of fused-ring (bicyclic) bond motifs is 1. The van der Waals surface area contributed by atoms with Crippen molar-refractivity contribution in [1.29, 1.82) is 0 Å². The molecule has 0 saturated carbocycles. The van der Waals surface area contributed by atoms with Gasteiger partial charge >= 0.3 is 0 Å². The molecule has 1 amide bonds. The topological polar surface area (TPSA) is 79.9 Å². The summed E-state index contributed by atoms with van der Waals surface area (Å²) in [5.74, 6) is 1.05. The maximum Gasteiger partial charge on any atom is 0.230 e. The number of imidazole rings is 1. The number of aromatic amines is 1. The Hall–Kier alpha value is -2.54. The molecule has 3 rings (SSSR count). The van der Waals surface area contributed by atoms with Gasteiger partial charge in [-0.25, -0.2) is 4.98 Å². The van der Waals surface area contributed by atoms with Crippen molar-refractivity contribution in [2.45, 2.75) is 18.6 Å². The second-order valence-corrected chi connectivity index (χ2v) is 6.00. The summed E-state index contributed by atoms with van der Waals surface area (Å²) < 4.78 is 5.47. The fourth-order valence-electron chi connectivity index (χ4n) is 2.17. The number of ether oxygens (including phenoxy) is 1. The van der Waals surface area contributed by atoms with E-state index in [4.69, 9.17) is 4.74 Å². The van der Waals surface area contributed by atoms with Gasteiger partial charge in [-0.15, -0.1) is 0 Å². The molecule has 0 unspecified atom stereocenters. The van der Waals surface area contributed by atoms with Crippen molar-refractivity contribution in [1.82, 2.24) is 20.3 Å². The van der Waals surface area contributed by atoms with Crippen LogP contribution in [0.5, 0.6) is 5.75 Å². The van der Waals surface area contributed by atoms with E-state index in [2.05, 4.69) is 20.3 Å². The normalized spacial score (nSPS) is 10.7. The van der Waals surface area contributed by atoms with Crippen molar-refractivity contribution in [2.75, 3.05) is 12.4 Å². The van der Waals surface area contributed by atoms with Gasteiger partial charge in [-0.1, -0.05) is 17.8 Å². The molecular formula is C17H18N4O2S. The van der Waals surface area contributed by atoms with E-state index in [0.29, 0.717) is 24.1 Å². The predicted octanol–water partition coefficient (Wildman–Crippen LogP) is 2.77. The summed E-state index contributed by atoms with van der Waals surface area (Å²) in [6, 6.07) is 11.3. The number of H-pyrrole nitrogens is 1. The molecular weight excluding hydrogens is 324 g/mol. The molecule has 0 aliphatic heterocycles. The van der Waals surface area contributed by atoms with E-state index in [1.165, 1.54) is 11.8 Å². The van der Waals surface area contributed by atoms with Gasteiger partial charge in [0.05, 0.1) is 35.6 Å². The minimum atomic E-state index is -0.0545. The highest BCUT2D eigenvalue weighted by Crippen LogP contribution is 2.23. The van der Waals surface area contributed by atoms with Crippen LogP contribution in [-0.2, 0) is 11.3 Å². The van der Waals surface area contributed by atoms with E-state index in [0.717, 1.165) is 22.5 Å². The van der Waals surface area contributed by atoms with Crippen molar-refractivity contribution in [2.24, 2.45) is 0 Å². The van der Waals surface area contributed by atoms with Crippen LogP contribution in [0.3, 0.4) is 0 Å². The molecule has 7 heteroatoms. The quantitative estimate of drug-likeness (QED) is 0.646. The molecule has 0 aliphatic rings. The number of carbonyl (C=O) groups is 1. The number of amides is 1. The van der Waals surface area contributed by atoms with E-state index in [-0.39, 0.29) is 5.91 Å². The van der Waals surface area contributed by atoms with Gasteiger partial charge < -0.3 is 15.0 Å². The summed E-state index contributed by atoms with van der Waals surface area (Å²) in [5, 5.41) is 3.56. The Morgan fingerprint density at radius 3 is 3.04 bits per heavy atom. The summed E-state index contributed by atoms with van der Waals surface area (Å²) in [6.07, 6.45) is 1.71. The molecule has 0 spiro atoms. The third-order valence-corrected chi connectivity index (χ3v) is 4.15. The highest BCUT2D eigenvalue weighted by molar-refractivity contribution is 7.99. The summed E-state index contributed by atoms with van der Waals surface area (Å²) in [5.41, 5.74) is 2.59. The number of benzene rings is 1. The molecule has 0 saturated heterocycles. The Labute approximate surface area is 144 Å². The maximum absolute atomic E-state index is 11.9. The Kier molecular flexibility index (Phi) is 5.32. The van der Waals surface area contributed by atoms with E-state index < -0.39 is 0 Å². The lowest BCUT2D eigenvalue weighted by molar-refractivity contribution is -0.118. The average Bonchev–Trinajstić information content (AvgIpc) is 3.01. The van der Waals surface area contributed by atoms with E-state index in [9.17, 15) is 4.79 Å². The lowest BCUT2D eigenvalue weighted by Crippen LogP contribution is -2.25. The summed E-state index contributed by atoms with van der Waals surface area (Å²) in [4.78, 5) is 23.8. The fraction of sp³-hybridized carbons (Fsp3) is 0.235. The standard InChI is InChI=1S/C17H18N4O2S/c1-2-23-13-6-7-14-15(9-13)21-17(20-14)24-11-16(22)19-10-12-5-3-4-8-18-12/h3-9H,2,10-11H2,1H3,(H,19,22)(H,20,21). The summed E-state index contributed by atoms with van der Waals surface area (Å²) >= 11 is 1.37. The Morgan fingerprint density at radius 1 is 1.33 bits per heavy atom. The van der Waals surface area contributed by atoms with Crippen LogP contribution in [0.2, 0.25) is 0 Å². The maximum atomic E-state index is 11.9. The first-order valence-electron chi connectivity index (χ1n) is 7.66. The molecule has 2 heterocycles. The third kappa shape index (κ3) is 4.26. The number of hydrogen-bond donors (Lipinski definition) is 2. The average molecular weight is 342 g/mol. The zero-order chi connectivity index (χ0) is 16.8. The predicted molar refractivity (Wildman–Crippen MR) is 94.1 cm³/mol. The molecule has 0 atom stereocenters. The minimum absolute atomic E-state index is 0.0545. The van der Waals surface area contributed by atoms with E-state index in [1.54, 1.807) is 6.20 Å². The second kappa shape index (κ2) is 7.83. The summed E-state index contributed by atoms with van der Waals surface area (Å²) in [7, 11) is 0. The second-order valence-electron chi connectivity index (χ2n) is 5.04. The van der Waals surface area contributed by atoms with Crippen LogP contribution < -0.4 is 10.1 Å². The summed E-state index contributed by atoms with van der Waals surface area (Å²) in [6.45, 7) is 3.00. The van der Waals surface area contributed by atoms with Crippen molar-refractivity contribution in [3.05, 3.63) is 48.3 Å². The molecule has 24 heavy (non-hydrogen) atoms. The van der Waals surface area contributed by atoms with Gasteiger partial charge in [-0.2, -0.15) is 0 Å². The number of thioether (sulfide) groups is 1. The van der Waals surface area contributed by atoms with E-state index in [1.807, 2.05) is 43.3 Å². The van der Waals surface area contributed by atoms with Crippen LogP contribution in [0.25, 0.3) is 11.0 Å². The first kappa shape index (κ1) is 16.3. The van der Waals surface area contributed by atoms with Crippen LogP contribution in [0.15, 0.2) is 47.8 Å². The Morgan fingerprint density at radius 2 is 2.25 bits per heavy atom. The molecule has 0 radical (unpaired) electrons. The molecule has 0 fully saturated rings. The highest BCUT2D eigenvalue weighted by atomic mass is 32.2. The van der Waals surface area contributed by atoms with Crippen LogP contribution in [0, 0.1) is 0 Å². The number of rotatable bonds is 7. The molecule has 1 aromatic carbocycles. The molecule has 2 aromatic heterocycles. The highest BCUT2D eigenvalue weighted by Gasteiger charge is 2.08. The minimum Gasteiger partial charge on any atom is -0.494 e.